The monoisotopic (exact) mass is 506 g/mol. The molecule has 0 aliphatic rings. The molecule has 10 rings (SSSR count). The molecule has 3 aromatic heterocycles. The lowest BCUT2D eigenvalue weighted by molar-refractivity contribution is 1.30. The fourth-order valence-corrected chi connectivity index (χ4v) is 7.36. The molecular weight excluding hydrogens is 484 g/mol. The molecule has 0 N–H and O–H groups in total. The maximum atomic E-state index is 2.53. The Morgan fingerprint density at radius 2 is 0.825 bits per heavy atom. The van der Waals surface area contributed by atoms with Crippen molar-refractivity contribution >= 4 is 87.0 Å². The van der Waals surface area contributed by atoms with Crippen molar-refractivity contribution in [2.24, 2.45) is 0 Å². The van der Waals surface area contributed by atoms with Crippen LogP contribution in [0.25, 0.3) is 87.0 Å². The van der Waals surface area contributed by atoms with E-state index in [4.69, 9.17) is 0 Å². The van der Waals surface area contributed by atoms with Gasteiger partial charge in [0.1, 0.15) is 0 Å². The number of aromatic nitrogens is 2. The summed E-state index contributed by atoms with van der Waals surface area (Å²) in [5.74, 6) is 0. The lowest BCUT2D eigenvalue weighted by atomic mass is 10.0. The molecule has 0 atom stereocenters. The maximum Gasteiger partial charge on any atom is 0.0789 e. The summed E-state index contributed by atoms with van der Waals surface area (Å²) in [6.45, 7) is 0. The first-order chi connectivity index (χ1) is 19.9. The summed E-state index contributed by atoms with van der Waals surface area (Å²) in [6, 6.07) is 49.4. The van der Waals surface area contributed by atoms with E-state index in [1.165, 1.54) is 87.0 Å². The summed E-state index contributed by atoms with van der Waals surface area (Å²) in [6.07, 6.45) is 0. The molecule has 0 saturated carbocycles. The Hall–Kier alpha value is -5.34. The smallest absolute Gasteiger partial charge is 0.0789 e. The Labute approximate surface area is 228 Å². The number of nitrogens with zero attached hydrogens (tertiary/aromatic N) is 2. The highest BCUT2D eigenvalue weighted by Gasteiger charge is 2.20. The Morgan fingerprint density at radius 3 is 1.62 bits per heavy atom. The first kappa shape index (κ1) is 20.6. The second-order valence-electron chi connectivity index (χ2n) is 11.0. The summed E-state index contributed by atoms with van der Waals surface area (Å²) in [5.41, 5.74) is 7.45. The first-order valence-electron chi connectivity index (χ1n) is 13.9. The highest BCUT2D eigenvalue weighted by molar-refractivity contribution is 6.29. The highest BCUT2D eigenvalue weighted by Crippen LogP contribution is 2.43. The van der Waals surface area contributed by atoms with E-state index in [1.807, 2.05) is 0 Å². The molecule has 0 aliphatic heterocycles. The SMILES string of the molecule is c1ccc2cc3c(cc2c1)c1cccc2c4ccccc4n(c4cc5ccccc5c5c6ccccc6n3c54)c21. The van der Waals surface area contributed by atoms with Crippen molar-refractivity contribution in [3.8, 4) is 0 Å². The third-order valence-electron chi connectivity index (χ3n) is 8.97. The number of fused-ring (bicyclic) bond motifs is 13. The highest BCUT2D eigenvalue weighted by atomic mass is 15.0. The van der Waals surface area contributed by atoms with Gasteiger partial charge in [-0.1, -0.05) is 103 Å². The van der Waals surface area contributed by atoms with Crippen LogP contribution in [0.15, 0.2) is 133 Å². The van der Waals surface area contributed by atoms with Crippen molar-refractivity contribution in [1.82, 2.24) is 8.80 Å². The molecule has 0 radical (unpaired) electrons. The predicted octanol–water partition coefficient (Wildman–Crippen LogP) is 10.3. The van der Waals surface area contributed by atoms with Gasteiger partial charge in [-0.3, -0.25) is 0 Å². The van der Waals surface area contributed by atoms with Crippen molar-refractivity contribution in [1.29, 1.82) is 0 Å². The predicted molar refractivity (Wildman–Crippen MR) is 171 cm³/mol. The molecule has 2 heteroatoms. The largest absolute Gasteiger partial charge is 0.307 e. The van der Waals surface area contributed by atoms with E-state index in [1.54, 1.807) is 0 Å². The molecule has 0 unspecified atom stereocenters. The third-order valence-corrected chi connectivity index (χ3v) is 8.97. The van der Waals surface area contributed by atoms with E-state index in [0.29, 0.717) is 0 Å². The van der Waals surface area contributed by atoms with E-state index in [-0.39, 0.29) is 0 Å². The van der Waals surface area contributed by atoms with Gasteiger partial charge in [0.05, 0.1) is 33.1 Å². The van der Waals surface area contributed by atoms with Gasteiger partial charge >= 0.3 is 0 Å². The van der Waals surface area contributed by atoms with Crippen LogP contribution in [-0.4, -0.2) is 8.80 Å². The molecule has 0 spiro atoms. The van der Waals surface area contributed by atoms with Gasteiger partial charge in [0, 0.05) is 32.3 Å². The molecule has 0 amide bonds. The van der Waals surface area contributed by atoms with Crippen molar-refractivity contribution < 1.29 is 0 Å². The number of hydrogen-bond donors (Lipinski definition) is 0. The minimum Gasteiger partial charge on any atom is -0.307 e. The second-order valence-corrected chi connectivity index (χ2v) is 11.0. The molecule has 10 aromatic rings. The lowest BCUT2D eigenvalue weighted by Gasteiger charge is -2.13. The average Bonchev–Trinajstić information content (AvgIpc) is 3.53. The topological polar surface area (TPSA) is 8.82 Å². The molecule has 0 fully saturated rings. The normalized spacial score (nSPS) is 12.5. The van der Waals surface area contributed by atoms with Crippen molar-refractivity contribution in [3.05, 3.63) is 133 Å². The van der Waals surface area contributed by atoms with E-state index >= 15 is 0 Å². The van der Waals surface area contributed by atoms with Gasteiger partial charge < -0.3 is 8.80 Å². The molecule has 0 aliphatic carbocycles. The number of para-hydroxylation sites is 3. The molecular formula is C38H22N2. The van der Waals surface area contributed by atoms with Gasteiger partial charge in [-0.15, -0.1) is 0 Å². The van der Waals surface area contributed by atoms with Gasteiger partial charge in [-0.25, -0.2) is 0 Å². The van der Waals surface area contributed by atoms with Gasteiger partial charge in [-0.2, -0.15) is 0 Å². The summed E-state index contributed by atoms with van der Waals surface area (Å²) < 4.78 is 5.06. The van der Waals surface area contributed by atoms with Gasteiger partial charge in [0.25, 0.3) is 0 Å². The Kier molecular flexibility index (Phi) is 3.70. The lowest BCUT2D eigenvalue weighted by Crippen LogP contribution is -1.95. The Bertz CT molecular complexity index is 2700. The second kappa shape index (κ2) is 7.19. The summed E-state index contributed by atoms with van der Waals surface area (Å²) in [7, 11) is 0. The zero-order chi connectivity index (χ0) is 25.9. The van der Waals surface area contributed by atoms with E-state index < -0.39 is 0 Å². The minimum atomic E-state index is 1.22. The molecule has 0 bridgehead atoms. The number of benzene rings is 7. The quantitative estimate of drug-likeness (QED) is 0.193. The average molecular weight is 507 g/mol. The van der Waals surface area contributed by atoms with Crippen LogP contribution in [0.5, 0.6) is 0 Å². The van der Waals surface area contributed by atoms with Gasteiger partial charge in [-0.05, 0) is 51.9 Å². The van der Waals surface area contributed by atoms with Crippen LogP contribution in [0.2, 0.25) is 0 Å². The van der Waals surface area contributed by atoms with E-state index in [9.17, 15) is 0 Å². The molecule has 7 aromatic carbocycles. The Morgan fingerprint density at radius 1 is 0.300 bits per heavy atom. The Balaban J connectivity index is 1.72. The van der Waals surface area contributed by atoms with Crippen molar-refractivity contribution in [3.63, 3.8) is 0 Å². The van der Waals surface area contributed by atoms with Crippen LogP contribution in [0.3, 0.4) is 0 Å². The zero-order valence-electron chi connectivity index (χ0n) is 21.6. The van der Waals surface area contributed by atoms with Crippen LogP contribution >= 0.6 is 0 Å². The van der Waals surface area contributed by atoms with Crippen LogP contribution in [-0.2, 0) is 0 Å². The van der Waals surface area contributed by atoms with Gasteiger partial charge in [0.2, 0.25) is 0 Å². The van der Waals surface area contributed by atoms with Crippen LogP contribution in [0.1, 0.15) is 0 Å². The summed E-state index contributed by atoms with van der Waals surface area (Å²) in [5, 5.41) is 12.8. The standard InChI is InChI=1S/C38H22N2/c1-2-11-24-21-34-31(20-23(24)10-1)29-17-9-16-28-27-14-5-7-18-32(27)40(37(28)29)35-22-25-12-3-4-13-26(25)36-30-15-6-8-19-33(30)39(34)38(35)36/h1-22H. The fourth-order valence-electron chi connectivity index (χ4n) is 7.36. The zero-order valence-corrected chi connectivity index (χ0v) is 21.6. The number of hydrogen-bond acceptors (Lipinski definition) is 0. The van der Waals surface area contributed by atoms with Crippen LogP contribution < -0.4 is 0 Å². The molecule has 0 saturated heterocycles. The molecule has 184 valence electrons. The van der Waals surface area contributed by atoms with Crippen LogP contribution in [0.4, 0.5) is 0 Å². The summed E-state index contributed by atoms with van der Waals surface area (Å²) >= 11 is 0. The molecule has 3 heterocycles. The van der Waals surface area contributed by atoms with E-state index in [0.717, 1.165) is 0 Å². The fraction of sp³-hybridized carbons (Fsp3) is 0. The van der Waals surface area contributed by atoms with Crippen molar-refractivity contribution in [2.45, 2.75) is 0 Å². The summed E-state index contributed by atoms with van der Waals surface area (Å²) in [4.78, 5) is 0. The molecule has 2 nitrogen and oxygen atoms in total. The molecule has 40 heavy (non-hydrogen) atoms. The van der Waals surface area contributed by atoms with Gasteiger partial charge in [0.15, 0.2) is 0 Å². The van der Waals surface area contributed by atoms with Crippen molar-refractivity contribution in [2.75, 3.05) is 0 Å². The maximum absolute atomic E-state index is 2.53. The number of rotatable bonds is 0. The van der Waals surface area contributed by atoms with Crippen LogP contribution in [0, 0.1) is 0 Å². The van der Waals surface area contributed by atoms with E-state index in [2.05, 4.69) is 142 Å². The third kappa shape index (κ3) is 2.41. The first-order valence-corrected chi connectivity index (χ1v) is 13.9. The minimum absolute atomic E-state index is 1.22.